The number of nitrogens with one attached hydrogen (secondary N) is 2. The van der Waals surface area contributed by atoms with Gasteiger partial charge in [-0.3, -0.25) is 14.9 Å². The molecular weight excluding hydrogens is 460 g/mol. The number of carbonyl (C=O) groups is 2. The number of amides is 2. The van der Waals surface area contributed by atoms with Crippen LogP contribution in [-0.4, -0.2) is 42.0 Å². The van der Waals surface area contributed by atoms with Gasteiger partial charge in [-0.15, -0.1) is 10.2 Å². The minimum atomic E-state index is -0.373. The molecule has 33 heavy (non-hydrogen) atoms. The number of hydrogen-bond acceptors (Lipinski definition) is 8. The highest BCUT2D eigenvalue weighted by Gasteiger charge is 2.16. The maximum absolute atomic E-state index is 12.6. The zero-order valence-electron chi connectivity index (χ0n) is 18.7. The monoisotopic (exact) mass is 486 g/mol. The molecule has 174 valence electrons. The Morgan fingerprint density at radius 3 is 2.52 bits per heavy atom. The maximum atomic E-state index is 12.6. The molecule has 2 amide bonds. The molecule has 0 atom stereocenters. The number of unbranched alkanes of at least 4 members (excludes halogenated alkanes) is 1. The fourth-order valence-corrected chi connectivity index (χ4v) is 4.48. The highest BCUT2D eigenvalue weighted by Crippen LogP contribution is 2.28. The number of rotatable bonds is 11. The highest BCUT2D eigenvalue weighted by molar-refractivity contribution is 8.01. The van der Waals surface area contributed by atoms with Crippen molar-refractivity contribution in [1.29, 1.82) is 0 Å². The molecule has 0 spiro atoms. The minimum absolute atomic E-state index is 0.134. The molecule has 10 heteroatoms. The van der Waals surface area contributed by atoms with Crippen molar-refractivity contribution >= 4 is 45.7 Å². The lowest BCUT2D eigenvalue weighted by Crippen LogP contribution is -2.13. The van der Waals surface area contributed by atoms with E-state index in [1.807, 2.05) is 24.3 Å². The number of benzene rings is 2. The van der Waals surface area contributed by atoms with Crippen LogP contribution in [0.5, 0.6) is 11.5 Å². The smallest absolute Gasteiger partial charge is 0.261 e. The number of anilines is 2. The van der Waals surface area contributed by atoms with Gasteiger partial charge in [-0.25, -0.2) is 0 Å². The molecule has 0 fully saturated rings. The van der Waals surface area contributed by atoms with Gasteiger partial charge in [0.15, 0.2) is 4.34 Å². The van der Waals surface area contributed by atoms with Gasteiger partial charge in [0, 0.05) is 11.8 Å². The van der Waals surface area contributed by atoms with E-state index in [2.05, 4.69) is 27.8 Å². The van der Waals surface area contributed by atoms with E-state index in [1.165, 1.54) is 35.8 Å². The quantitative estimate of drug-likeness (QED) is 0.294. The topological polar surface area (TPSA) is 102 Å². The molecule has 0 bridgehead atoms. The lowest BCUT2D eigenvalue weighted by atomic mass is 10.1. The van der Waals surface area contributed by atoms with Gasteiger partial charge in [-0.05, 0) is 42.7 Å². The van der Waals surface area contributed by atoms with Crippen LogP contribution in [0.25, 0.3) is 0 Å². The number of aryl methyl sites for hydroxylation is 1. The summed E-state index contributed by atoms with van der Waals surface area (Å²) >= 11 is 2.46. The molecular formula is C23H26N4O4S2. The van der Waals surface area contributed by atoms with Crippen LogP contribution in [0.2, 0.25) is 0 Å². The second-order valence-electron chi connectivity index (χ2n) is 7.03. The molecule has 0 aliphatic carbocycles. The largest absolute Gasteiger partial charge is 0.497 e. The van der Waals surface area contributed by atoms with Crippen LogP contribution >= 0.6 is 23.1 Å². The van der Waals surface area contributed by atoms with E-state index in [4.69, 9.17) is 9.47 Å². The van der Waals surface area contributed by atoms with Gasteiger partial charge < -0.3 is 14.8 Å². The number of aromatic nitrogens is 2. The molecule has 0 unspecified atom stereocenters. The van der Waals surface area contributed by atoms with E-state index >= 15 is 0 Å². The lowest BCUT2D eigenvalue weighted by Gasteiger charge is -2.09. The van der Waals surface area contributed by atoms with Crippen molar-refractivity contribution in [2.75, 3.05) is 30.6 Å². The zero-order valence-corrected chi connectivity index (χ0v) is 20.3. The van der Waals surface area contributed by atoms with E-state index < -0.39 is 0 Å². The fraction of sp³-hybridized carbons (Fsp3) is 0.304. The summed E-state index contributed by atoms with van der Waals surface area (Å²) in [7, 11) is 3.02. The Bertz CT molecular complexity index is 1090. The molecule has 2 aromatic carbocycles. The first kappa shape index (κ1) is 24.5. The van der Waals surface area contributed by atoms with Gasteiger partial charge in [0.1, 0.15) is 11.5 Å². The van der Waals surface area contributed by atoms with E-state index in [0.29, 0.717) is 26.5 Å². The Morgan fingerprint density at radius 2 is 1.82 bits per heavy atom. The van der Waals surface area contributed by atoms with Gasteiger partial charge in [0.05, 0.1) is 25.5 Å². The maximum Gasteiger partial charge on any atom is 0.261 e. The van der Waals surface area contributed by atoms with Crippen molar-refractivity contribution < 1.29 is 19.1 Å². The summed E-state index contributed by atoms with van der Waals surface area (Å²) < 4.78 is 11.0. The Labute approximate surface area is 201 Å². The summed E-state index contributed by atoms with van der Waals surface area (Å²) in [5, 5.41) is 13.9. The highest BCUT2D eigenvalue weighted by atomic mass is 32.2. The number of ether oxygens (including phenoxy) is 2. The van der Waals surface area contributed by atoms with E-state index in [9.17, 15) is 9.59 Å². The van der Waals surface area contributed by atoms with Crippen LogP contribution in [0.15, 0.2) is 46.8 Å². The minimum Gasteiger partial charge on any atom is -0.497 e. The Kier molecular flexibility index (Phi) is 9.08. The summed E-state index contributed by atoms with van der Waals surface area (Å²) in [5.41, 5.74) is 2.38. The molecule has 1 aromatic heterocycles. The average Bonchev–Trinajstić information content (AvgIpc) is 3.29. The number of nitrogens with zero attached hydrogens (tertiary/aromatic N) is 2. The fourth-order valence-electron chi connectivity index (χ4n) is 2.93. The first-order valence-electron chi connectivity index (χ1n) is 10.4. The van der Waals surface area contributed by atoms with Gasteiger partial charge in [-0.1, -0.05) is 48.6 Å². The Morgan fingerprint density at radius 1 is 1.03 bits per heavy atom. The van der Waals surface area contributed by atoms with Gasteiger partial charge in [0.25, 0.3) is 5.91 Å². The van der Waals surface area contributed by atoms with Crippen molar-refractivity contribution in [2.24, 2.45) is 0 Å². The predicted octanol–water partition coefficient (Wildman–Crippen LogP) is 4.88. The third-order valence-electron chi connectivity index (χ3n) is 4.66. The van der Waals surface area contributed by atoms with Crippen LogP contribution in [0.3, 0.4) is 0 Å². The second-order valence-corrected chi connectivity index (χ2v) is 9.23. The van der Waals surface area contributed by atoms with Crippen molar-refractivity contribution in [3.63, 3.8) is 0 Å². The van der Waals surface area contributed by atoms with Crippen molar-refractivity contribution in [1.82, 2.24) is 10.2 Å². The van der Waals surface area contributed by atoms with Crippen LogP contribution in [-0.2, 0) is 11.2 Å². The van der Waals surface area contributed by atoms with Crippen LogP contribution in [0.1, 0.15) is 35.7 Å². The SMILES string of the molecule is CCCCc1ccc(NC(=O)CSc2nnc(NC(=O)c3ccc(OC)cc3OC)s2)cc1. The zero-order chi connectivity index (χ0) is 23.6. The Hall–Kier alpha value is -3.11. The van der Waals surface area contributed by atoms with Crippen molar-refractivity contribution in [2.45, 2.75) is 30.5 Å². The third kappa shape index (κ3) is 7.19. The number of carbonyl (C=O) groups excluding carboxylic acids is 2. The molecule has 0 saturated carbocycles. The van der Waals surface area contributed by atoms with Crippen LogP contribution < -0.4 is 20.1 Å². The molecule has 0 aliphatic heterocycles. The standard InChI is InChI=1S/C23H26N4O4S2/c1-4-5-6-15-7-9-16(10-8-15)24-20(28)14-32-23-27-26-22(33-23)25-21(29)18-12-11-17(30-2)13-19(18)31-3/h7-13H,4-6,14H2,1-3H3,(H,24,28)(H,25,26,29). The lowest BCUT2D eigenvalue weighted by molar-refractivity contribution is -0.113. The summed E-state index contributed by atoms with van der Waals surface area (Å²) in [6.07, 6.45) is 3.35. The summed E-state index contributed by atoms with van der Waals surface area (Å²) in [6.45, 7) is 2.17. The number of hydrogen-bond donors (Lipinski definition) is 2. The molecule has 8 nitrogen and oxygen atoms in total. The molecule has 2 N–H and O–H groups in total. The molecule has 0 radical (unpaired) electrons. The average molecular weight is 487 g/mol. The molecule has 0 aliphatic rings. The molecule has 3 aromatic rings. The van der Waals surface area contributed by atoms with Crippen LogP contribution in [0.4, 0.5) is 10.8 Å². The van der Waals surface area contributed by atoms with Gasteiger partial charge in [-0.2, -0.15) is 0 Å². The molecule has 1 heterocycles. The number of methoxy groups -OCH3 is 2. The van der Waals surface area contributed by atoms with Crippen molar-refractivity contribution in [3.05, 3.63) is 53.6 Å². The normalized spacial score (nSPS) is 10.5. The van der Waals surface area contributed by atoms with Crippen molar-refractivity contribution in [3.8, 4) is 11.5 Å². The predicted molar refractivity (Wildman–Crippen MR) is 132 cm³/mol. The van der Waals surface area contributed by atoms with E-state index in [-0.39, 0.29) is 17.6 Å². The first-order chi connectivity index (χ1) is 16.0. The molecule has 0 saturated heterocycles. The van der Waals surface area contributed by atoms with E-state index in [0.717, 1.165) is 24.9 Å². The summed E-state index contributed by atoms with van der Waals surface area (Å²) in [4.78, 5) is 24.9. The summed E-state index contributed by atoms with van der Waals surface area (Å²) in [5.74, 6) is 0.657. The third-order valence-corrected chi connectivity index (χ3v) is 6.64. The second kappa shape index (κ2) is 12.2. The van der Waals surface area contributed by atoms with E-state index in [1.54, 1.807) is 25.3 Å². The van der Waals surface area contributed by atoms with Gasteiger partial charge in [0.2, 0.25) is 11.0 Å². The van der Waals surface area contributed by atoms with Crippen LogP contribution in [0, 0.1) is 0 Å². The Balaban J connectivity index is 1.50. The molecule has 3 rings (SSSR count). The first-order valence-corrected chi connectivity index (χ1v) is 12.2. The van der Waals surface area contributed by atoms with Gasteiger partial charge >= 0.3 is 0 Å². The number of thioether (sulfide) groups is 1. The summed E-state index contributed by atoms with van der Waals surface area (Å²) in [6, 6.07) is 12.8.